The summed E-state index contributed by atoms with van der Waals surface area (Å²) in [6.45, 7) is 0. The summed E-state index contributed by atoms with van der Waals surface area (Å²) in [6, 6.07) is 19.6. The fourth-order valence-corrected chi connectivity index (χ4v) is 2.54. The van der Waals surface area contributed by atoms with Crippen molar-refractivity contribution >= 4 is 27.6 Å². The Morgan fingerprint density at radius 1 is 0.714 bits per heavy atom. The van der Waals surface area contributed by atoms with E-state index in [0.717, 1.165) is 21.8 Å². The Labute approximate surface area is 122 Å². The van der Waals surface area contributed by atoms with Crippen LogP contribution in [-0.2, 0) is 0 Å². The molecule has 0 aliphatic heterocycles. The summed E-state index contributed by atoms with van der Waals surface area (Å²) in [5, 5.41) is 2.10. The second kappa shape index (κ2) is 4.94. The van der Waals surface area contributed by atoms with E-state index < -0.39 is 0 Å². The predicted molar refractivity (Wildman–Crippen MR) is 86.8 cm³/mol. The van der Waals surface area contributed by atoms with Crippen molar-refractivity contribution in [1.29, 1.82) is 0 Å². The van der Waals surface area contributed by atoms with Crippen molar-refractivity contribution in [2.45, 2.75) is 7.43 Å². The van der Waals surface area contributed by atoms with Crippen LogP contribution in [0.3, 0.4) is 0 Å². The average molecular weight is 276 g/mol. The van der Waals surface area contributed by atoms with Crippen LogP contribution in [0.4, 0.5) is 0 Å². The summed E-state index contributed by atoms with van der Waals surface area (Å²) in [5.74, 6) is -0.0163. The van der Waals surface area contributed by atoms with Crippen molar-refractivity contribution in [2.75, 3.05) is 0 Å². The maximum absolute atomic E-state index is 12.5. The predicted octanol–water partition coefficient (Wildman–Crippen LogP) is 4.52. The minimum absolute atomic E-state index is 0. The minimum Gasteiger partial charge on any atom is -0.352 e. The highest BCUT2D eigenvalue weighted by molar-refractivity contribution is 6.11. The second-order valence-electron chi connectivity index (χ2n) is 4.87. The molecule has 0 amide bonds. The lowest BCUT2D eigenvalue weighted by molar-refractivity contribution is 0.103. The van der Waals surface area contributed by atoms with Gasteiger partial charge < -0.3 is 9.97 Å². The molecule has 104 valence electrons. The van der Waals surface area contributed by atoms with Crippen molar-refractivity contribution < 1.29 is 4.79 Å². The molecule has 0 aliphatic carbocycles. The van der Waals surface area contributed by atoms with Gasteiger partial charge in [0, 0.05) is 21.8 Å². The molecule has 0 saturated heterocycles. The van der Waals surface area contributed by atoms with Crippen molar-refractivity contribution in [2.24, 2.45) is 0 Å². The second-order valence-corrected chi connectivity index (χ2v) is 4.87. The van der Waals surface area contributed by atoms with Crippen molar-refractivity contribution in [3.8, 4) is 0 Å². The quantitative estimate of drug-likeness (QED) is 0.520. The molecule has 2 aromatic carbocycles. The van der Waals surface area contributed by atoms with Crippen LogP contribution in [0.5, 0.6) is 0 Å². The molecule has 0 atom stereocenters. The van der Waals surface area contributed by atoms with Gasteiger partial charge in [0.1, 0.15) is 0 Å². The van der Waals surface area contributed by atoms with Gasteiger partial charge in [-0.2, -0.15) is 0 Å². The Morgan fingerprint density at radius 2 is 1.14 bits per heavy atom. The number of benzene rings is 2. The Balaban J connectivity index is 0.00000132. The van der Waals surface area contributed by atoms with E-state index in [2.05, 4.69) is 9.97 Å². The van der Waals surface area contributed by atoms with E-state index in [9.17, 15) is 4.79 Å². The van der Waals surface area contributed by atoms with E-state index >= 15 is 0 Å². The average Bonchev–Trinajstić information content (AvgIpc) is 3.10. The molecule has 3 heteroatoms. The first-order chi connectivity index (χ1) is 9.81. The van der Waals surface area contributed by atoms with E-state index in [1.807, 2.05) is 60.7 Å². The van der Waals surface area contributed by atoms with E-state index in [-0.39, 0.29) is 13.2 Å². The molecule has 0 radical (unpaired) electrons. The lowest BCUT2D eigenvalue weighted by Gasteiger charge is -1.93. The van der Waals surface area contributed by atoms with Gasteiger partial charge in [-0.1, -0.05) is 43.8 Å². The van der Waals surface area contributed by atoms with Crippen LogP contribution in [-0.4, -0.2) is 15.8 Å². The van der Waals surface area contributed by atoms with Gasteiger partial charge in [-0.25, -0.2) is 0 Å². The molecule has 2 aromatic heterocycles. The molecule has 3 nitrogen and oxygen atoms in total. The Bertz CT molecular complexity index is 788. The summed E-state index contributed by atoms with van der Waals surface area (Å²) >= 11 is 0. The van der Waals surface area contributed by atoms with Gasteiger partial charge in [0.05, 0.1) is 11.4 Å². The molecule has 0 fully saturated rings. The molecule has 0 unspecified atom stereocenters. The zero-order valence-electron chi connectivity index (χ0n) is 10.7. The Hall–Kier alpha value is -2.81. The number of rotatable bonds is 2. The lowest BCUT2D eigenvalue weighted by Crippen LogP contribution is -2.01. The highest BCUT2D eigenvalue weighted by Gasteiger charge is 2.14. The van der Waals surface area contributed by atoms with Gasteiger partial charge in [-0.3, -0.25) is 4.79 Å². The monoisotopic (exact) mass is 276 g/mol. The third-order valence-electron chi connectivity index (χ3n) is 3.55. The molecule has 2 heterocycles. The van der Waals surface area contributed by atoms with E-state index in [4.69, 9.17) is 0 Å². The molecule has 0 aliphatic rings. The zero-order valence-corrected chi connectivity index (χ0v) is 10.7. The smallest absolute Gasteiger partial charge is 0.225 e. The number of H-pyrrole nitrogens is 2. The number of ketones is 1. The van der Waals surface area contributed by atoms with Crippen molar-refractivity contribution in [3.63, 3.8) is 0 Å². The molecule has 4 aromatic rings. The first-order valence-corrected chi connectivity index (χ1v) is 6.51. The number of hydrogen-bond donors (Lipinski definition) is 2. The van der Waals surface area contributed by atoms with Gasteiger partial charge in [-0.05, 0) is 24.3 Å². The molecule has 0 bridgehead atoms. The summed E-state index contributed by atoms with van der Waals surface area (Å²) in [7, 11) is 0. The number of fused-ring (bicyclic) bond motifs is 2. The molecular formula is C18H16N2O. The highest BCUT2D eigenvalue weighted by atomic mass is 16.1. The lowest BCUT2D eigenvalue weighted by atomic mass is 10.2. The number of hydrogen-bond acceptors (Lipinski definition) is 1. The van der Waals surface area contributed by atoms with Crippen LogP contribution in [0.15, 0.2) is 60.7 Å². The molecule has 0 spiro atoms. The molecular weight excluding hydrogens is 260 g/mol. The summed E-state index contributed by atoms with van der Waals surface area (Å²) in [6.07, 6.45) is 0. The molecule has 2 N–H and O–H groups in total. The van der Waals surface area contributed by atoms with Crippen LogP contribution in [0.25, 0.3) is 21.8 Å². The van der Waals surface area contributed by atoms with E-state index in [0.29, 0.717) is 11.4 Å². The van der Waals surface area contributed by atoms with Gasteiger partial charge in [0.25, 0.3) is 0 Å². The number of carbonyl (C=O) groups excluding carboxylic acids is 1. The molecule has 0 saturated carbocycles. The van der Waals surface area contributed by atoms with Crippen LogP contribution >= 0.6 is 0 Å². The molecule has 4 rings (SSSR count). The van der Waals surface area contributed by atoms with Gasteiger partial charge in [0.2, 0.25) is 5.78 Å². The number of aromatic nitrogens is 2. The van der Waals surface area contributed by atoms with Crippen LogP contribution in [0, 0.1) is 0 Å². The third-order valence-corrected chi connectivity index (χ3v) is 3.55. The topological polar surface area (TPSA) is 48.6 Å². The van der Waals surface area contributed by atoms with Gasteiger partial charge in [0.15, 0.2) is 0 Å². The summed E-state index contributed by atoms with van der Waals surface area (Å²) < 4.78 is 0. The maximum Gasteiger partial charge on any atom is 0.225 e. The van der Waals surface area contributed by atoms with Crippen molar-refractivity contribution in [3.05, 3.63) is 72.1 Å². The zero-order chi connectivity index (χ0) is 13.5. The number of carbonyl (C=O) groups is 1. The van der Waals surface area contributed by atoms with Crippen molar-refractivity contribution in [1.82, 2.24) is 9.97 Å². The van der Waals surface area contributed by atoms with Crippen LogP contribution in [0.2, 0.25) is 0 Å². The summed E-state index contributed by atoms with van der Waals surface area (Å²) in [5.41, 5.74) is 3.18. The first kappa shape index (κ1) is 13.2. The SMILES string of the molecule is C.O=C(c1cc2ccccc2[nH]1)c1cc2ccccc2[nH]1. The normalized spacial score (nSPS) is 10.7. The number of para-hydroxylation sites is 2. The standard InChI is InChI=1S/C17H12N2O.CH4/c20-17(15-9-11-5-1-3-7-13(11)18-15)16-10-12-6-2-4-8-14(12)19-16;/h1-10,18-19H;1H4. The fourth-order valence-electron chi connectivity index (χ4n) is 2.54. The maximum atomic E-state index is 12.5. The van der Waals surface area contributed by atoms with E-state index in [1.54, 1.807) is 0 Å². The van der Waals surface area contributed by atoms with E-state index in [1.165, 1.54) is 0 Å². The number of nitrogens with one attached hydrogen (secondary N) is 2. The number of aromatic amines is 2. The largest absolute Gasteiger partial charge is 0.352 e. The van der Waals surface area contributed by atoms with Crippen LogP contribution in [0.1, 0.15) is 23.6 Å². The minimum atomic E-state index is -0.0163. The third kappa shape index (κ3) is 2.13. The van der Waals surface area contributed by atoms with Gasteiger partial charge >= 0.3 is 0 Å². The Kier molecular flexibility index (Phi) is 3.10. The van der Waals surface area contributed by atoms with Crippen LogP contribution < -0.4 is 0 Å². The molecule has 21 heavy (non-hydrogen) atoms. The first-order valence-electron chi connectivity index (χ1n) is 6.51. The Morgan fingerprint density at radius 3 is 1.57 bits per heavy atom. The van der Waals surface area contributed by atoms with Gasteiger partial charge in [-0.15, -0.1) is 0 Å². The highest BCUT2D eigenvalue weighted by Crippen LogP contribution is 2.20. The fraction of sp³-hybridized carbons (Fsp3) is 0.0556. The summed E-state index contributed by atoms with van der Waals surface area (Å²) in [4.78, 5) is 18.9.